The molecule has 0 saturated heterocycles. The largest absolute Gasteiger partial charge is 0.316 e. The second kappa shape index (κ2) is 7.50. The van der Waals surface area contributed by atoms with Crippen LogP contribution in [0.2, 0.25) is 0 Å². The van der Waals surface area contributed by atoms with E-state index in [1.807, 2.05) is 0 Å². The highest BCUT2D eigenvalue weighted by molar-refractivity contribution is 6.18. The van der Waals surface area contributed by atoms with E-state index in [-0.39, 0.29) is 0 Å². The predicted octanol–water partition coefficient (Wildman–Crippen LogP) is 8.39. The van der Waals surface area contributed by atoms with Crippen molar-refractivity contribution in [3.63, 3.8) is 0 Å². The third-order valence-electron chi connectivity index (χ3n) is 6.75. The highest BCUT2D eigenvalue weighted by Crippen LogP contribution is 2.38. The van der Waals surface area contributed by atoms with Crippen LogP contribution in [0.4, 0.5) is 0 Å². The van der Waals surface area contributed by atoms with Crippen LogP contribution >= 0.6 is 0 Å². The van der Waals surface area contributed by atoms with Crippen molar-refractivity contribution in [2.24, 2.45) is 0 Å². The molecule has 0 fully saturated rings. The zero-order valence-electron chi connectivity index (χ0n) is 18.6. The maximum absolute atomic E-state index is 2.43. The molecule has 0 saturated carbocycles. The van der Waals surface area contributed by atoms with Gasteiger partial charge in [0, 0.05) is 33.7 Å². The molecule has 0 unspecified atom stereocenters. The Bertz CT molecular complexity index is 1790. The zero-order chi connectivity index (χ0) is 22.5. The van der Waals surface area contributed by atoms with E-state index in [2.05, 4.69) is 143 Å². The van der Waals surface area contributed by atoms with E-state index in [0.717, 1.165) is 0 Å². The number of fused-ring (bicyclic) bond motifs is 5. The first kappa shape index (κ1) is 19.0. The summed E-state index contributed by atoms with van der Waals surface area (Å²) in [5.41, 5.74) is 8.48. The third kappa shape index (κ3) is 2.82. The Kier molecular flexibility index (Phi) is 4.18. The van der Waals surface area contributed by atoms with E-state index in [0.29, 0.717) is 0 Å². The molecule has 0 aliphatic heterocycles. The molecule has 7 rings (SSSR count). The molecule has 0 aliphatic rings. The Balaban J connectivity index is 1.56. The quantitative estimate of drug-likeness (QED) is 0.264. The average Bonchev–Trinajstić information content (AvgIpc) is 3.49. The molecule has 34 heavy (non-hydrogen) atoms. The van der Waals surface area contributed by atoms with Gasteiger partial charge in [0.05, 0.1) is 16.6 Å². The predicted molar refractivity (Wildman–Crippen MR) is 143 cm³/mol. The second-order valence-corrected chi connectivity index (χ2v) is 8.68. The van der Waals surface area contributed by atoms with Crippen molar-refractivity contribution in [2.75, 3.05) is 0 Å². The molecule has 0 amide bonds. The van der Waals surface area contributed by atoms with E-state index in [4.69, 9.17) is 0 Å². The van der Waals surface area contributed by atoms with Gasteiger partial charge in [0.25, 0.3) is 0 Å². The van der Waals surface area contributed by atoms with Crippen molar-refractivity contribution < 1.29 is 0 Å². The van der Waals surface area contributed by atoms with Gasteiger partial charge in [-0.25, -0.2) is 0 Å². The van der Waals surface area contributed by atoms with Crippen molar-refractivity contribution in [1.82, 2.24) is 9.13 Å². The Labute approximate surface area is 197 Å². The number of nitrogens with zero attached hydrogens (tertiary/aromatic N) is 2. The van der Waals surface area contributed by atoms with Crippen LogP contribution in [0, 0.1) is 0 Å². The first-order valence-corrected chi connectivity index (χ1v) is 11.6. The number of hydrogen-bond acceptors (Lipinski definition) is 0. The summed E-state index contributed by atoms with van der Waals surface area (Å²) in [6.45, 7) is 0. The molecular formula is C32H22N2. The first-order chi connectivity index (χ1) is 16.9. The first-order valence-electron chi connectivity index (χ1n) is 11.6. The molecule has 7 aromatic rings. The Morgan fingerprint density at radius 1 is 0.412 bits per heavy atom. The minimum Gasteiger partial charge on any atom is -0.316 e. The van der Waals surface area contributed by atoms with Crippen LogP contribution in [0.15, 0.2) is 134 Å². The minimum atomic E-state index is 1.17. The second-order valence-electron chi connectivity index (χ2n) is 8.68. The summed E-state index contributed by atoms with van der Waals surface area (Å²) in [5.74, 6) is 0. The standard InChI is InChI=1S/C32H22N2/c1-3-10-23(11-4-1)24-12-9-15-26(22-24)34-31-17-8-7-16-27(31)28-18-19-30-29(32(28)34)20-21-33(30)25-13-5-2-6-14-25/h1-22H. The van der Waals surface area contributed by atoms with Crippen molar-refractivity contribution in [3.8, 4) is 22.5 Å². The van der Waals surface area contributed by atoms with Gasteiger partial charge in [-0.05, 0) is 53.6 Å². The molecule has 2 heteroatoms. The Hall–Kier alpha value is -4.56. The summed E-state index contributed by atoms with van der Waals surface area (Å²) in [6.07, 6.45) is 2.18. The molecule has 0 bridgehead atoms. The molecule has 0 N–H and O–H groups in total. The molecule has 2 nitrogen and oxygen atoms in total. The summed E-state index contributed by atoms with van der Waals surface area (Å²) in [4.78, 5) is 0. The van der Waals surface area contributed by atoms with E-state index < -0.39 is 0 Å². The Morgan fingerprint density at radius 3 is 1.97 bits per heavy atom. The van der Waals surface area contributed by atoms with E-state index in [1.54, 1.807) is 0 Å². The van der Waals surface area contributed by atoms with Crippen molar-refractivity contribution in [3.05, 3.63) is 134 Å². The van der Waals surface area contributed by atoms with E-state index in [9.17, 15) is 0 Å². The SMILES string of the molecule is c1ccc(-c2cccc(-n3c4ccccc4c4ccc5c(ccn5-c5ccccc5)c43)c2)cc1. The van der Waals surface area contributed by atoms with Gasteiger partial charge in [-0.2, -0.15) is 0 Å². The summed E-state index contributed by atoms with van der Waals surface area (Å²) in [5, 5.41) is 3.80. The average molecular weight is 435 g/mol. The Morgan fingerprint density at radius 2 is 1.12 bits per heavy atom. The zero-order valence-corrected chi connectivity index (χ0v) is 18.6. The summed E-state index contributed by atoms with van der Waals surface area (Å²) < 4.78 is 4.70. The number of aromatic nitrogens is 2. The number of hydrogen-bond donors (Lipinski definition) is 0. The van der Waals surface area contributed by atoms with Crippen LogP contribution in [-0.2, 0) is 0 Å². The van der Waals surface area contributed by atoms with Crippen LogP contribution in [0.3, 0.4) is 0 Å². The summed E-state index contributed by atoms with van der Waals surface area (Å²) >= 11 is 0. The van der Waals surface area contributed by atoms with Gasteiger partial charge in [0.1, 0.15) is 0 Å². The maximum Gasteiger partial charge on any atom is 0.0635 e. The van der Waals surface area contributed by atoms with Crippen LogP contribution in [0.5, 0.6) is 0 Å². The van der Waals surface area contributed by atoms with Gasteiger partial charge in [0.2, 0.25) is 0 Å². The van der Waals surface area contributed by atoms with Crippen molar-refractivity contribution in [2.45, 2.75) is 0 Å². The lowest BCUT2D eigenvalue weighted by molar-refractivity contribution is 1.13. The third-order valence-corrected chi connectivity index (χ3v) is 6.75. The van der Waals surface area contributed by atoms with Gasteiger partial charge in [-0.1, -0.05) is 84.9 Å². The summed E-state index contributed by atoms with van der Waals surface area (Å²) in [6, 6.07) is 45.5. The van der Waals surface area contributed by atoms with Gasteiger partial charge in [0.15, 0.2) is 0 Å². The van der Waals surface area contributed by atoms with Crippen LogP contribution < -0.4 is 0 Å². The molecule has 0 aliphatic carbocycles. The van der Waals surface area contributed by atoms with E-state index in [1.165, 1.54) is 55.2 Å². The van der Waals surface area contributed by atoms with Gasteiger partial charge in [-0.3, -0.25) is 0 Å². The number of rotatable bonds is 3. The molecule has 0 spiro atoms. The van der Waals surface area contributed by atoms with Gasteiger partial charge >= 0.3 is 0 Å². The fraction of sp³-hybridized carbons (Fsp3) is 0. The molecule has 160 valence electrons. The number of para-hydroxylation sites is 2. The summed E-state index contributed by atoms with van der Waals surface area (Å²) in [7, 11) is 0. The maximum atomic E-state index is 2.43. The lowest BCUT2D eigenvalue weighted by Crippen LogP contribution is -1.95. The molecule has 0 atom stereocenters. The van der Waals surface area contributed by atoms with Crippen molar-refractivity contribution in [1.29, 1.82) is 0 Å². The normalized spacial score (nSPS) is 11.5. The van der Waals surface area contributed by atoms with Crippen LogP contribution in [0.25, 0.3) is 55.2 Å². The molecular weight excluding hydrogens is 412 g/mol. The monoisotopic (exact) mass is 434 g/mol. The van der Waals surface area contributed by atoms with Crippen molar-refractivity contribution >= 4 is 32.7 Å². The lowest BCUT2D eigenvalue weighted by Gasteiger charge is -2.11. The molecule has 5 aromatic carbocycles. The number of benzene rings is 5. The van der Waals surface area contributed by atoms with Gasteiger partial charge in [-0.15, -0.1) is 0 Å². The minimum absolute atomic E-state index is 1.17. The molecule has 2 heterocycles. The fourth-order valence-electron chi connectivity index (χ4n) is 5.21. The molecule has 0 radical (unpaired) electrons. The fourth-order valence-corrected chi connectivity index (χ4v) is 5.21. The highest BCUT2D eigenvalue weighted by atomic mass is 15.0. The molecule has 2 aromatic heterocycles. The van der Waals surface area contributed by atoms with Crippen LogP contribution in [-0.4, -0.2) is 9.13 Å². The smallest absolute Gasteiger partial charge is 0.0635 e. The van der Waals surface area contributed by atoms with Gasteiger partial charge < -0.3 is 9.13 Å². The van der Waals surface area contributed by atoms with Crippen LogP contribution in [0.1, 0.15) is 0 Å². The van der Waals surface area contributed by atoms with E-state index >= 15 is 0 Å². The topological polar surface area (TPSA) is 9.86 Å². The lowest BCUT2D eigenvalue weighted by atomic mass is 10.1. The highest BCUT2D eigenvalue weighted by Gasteiger charge is 2.17.